The number of carbonyl (C=O) groups excluding carboxylic acids is 1. The second kappa shape index (κ2) is 8.97. The SMILES string of the molecule is COc1ccc([C@@H](C)NC(=O)[C@@H](C)N(c2cccc(OC)c2)S(C)(=O)=O)cc1. The van der Waals surface area contributed by atoms with Gasteiger partial charge in [-0.05, 0) is 43.7 Å². The lowest BCUT2D eigenvalue weighted by atomic mass is 10.1. The number of rotatable bonds is 8. The molecule has 2 aromatic rings. The molecule has 0 aliphatic rings. The van der Waals surface area contributed by atoms with Crippen LogP contribution in [-0.4, -0.2) is 40.8 Å². The average molecular weight is 407 g/mol. The van der Waals surface area contributed by atoms with Crippen molar-refractivity contribution in [1.29, 1.82) is 0 Å². The van der Waals surface area contributed by atoms with E-state index in [1.54, 1.807) is 50.4 Å². The monoisotopic (exact) mass is 406 g/mol. The van der Waals surface area contributed by atoms with E-state index < -0.39 is 22.0 Å². The summed E-state index contributed by atoms with van der Waals surface area (Å²) in [6.45, 7) is 3.39. The number of benzene rings is 2. The summed E-state index contributed by atoms with van der Waals surface area (Å²) in [6, 6.07) is 12.7. The van der Waals surface area contributed by atoms with E-state index in [2.05, 4.69) is 5.32 Å². The van der Waals surface area contributed by atoms with Crippen LogP contribution in [0.1, 0.15) is 25.5 Å². The Balaban J connectivity index is 2.23. The molecule has 28 heavy (non-hydrogen) atoms. The average Bonchev–Trinajstić information content (AvgIpc) is 2.67. The topological polar surface area (TPSA) is 84.9 Å². The molecular weight excluding hydrogens is 380 g/mol. The minimum Gasteiger partial charge on any atom is -0.497 e. The number of nitrogens with one attached hydrogen (secondary N) is 1. The highest BCUT2D eigenvalue weighted by molar-refractivity contribution is 7.92. The van der Waals surface area contributed by atoms with E-state index in [1.807, 2.05) is 19.1 Å². The van der Waals surface area contributed by atoms with Gasteiger partial charge in [-0.15, -0.1) is 0 Å². The van der Waals surface area contributed by atoms with E-state index in [9.17, 15) is 13.2 Å². The van der Waals surface area contributed by atoms with Gasteiger partial charge < -0.3 is 14.8 Å². The third kappa shape index (κ3) is 5.16. The number of carbonyl (C=O) groups is 1. The standard InChI is InChI=1S/C20H26N2O5S/c1-14(16-9-11-18(26-3)12-10-16)21-20(23)15(2)22(28(5,24)25)17-7-6-8-19(13-17)27-4/h6-15H,1-5H3,(H,21,23)/t14-,15-/m1/s1. The summed E-state index contributed by atoms with van der Waals surface area (Å²) >= 11 is 0. The number of hydrogen-bond acceptors (Lipinski definition) is 5. The zero-order valence-corrected chi connectivity index (χ0v) is 17.5. The van der Waals surface area contributed by atoms with Gasteiger partial charge in [0.15, 0.2) is 0 Å². The van der Waals surface area contributed by atoms with Crippen molar-refractivity contribution >= 4 is 21.6 Å². The molecule has 2 atom stereocenters. The minimum absolute atomic E-state index is 0.299. The van der Waals surface area contributed by atoms with Crippen LogP contribution < -0.4 is 19.1 Å². The Morgan fingerprint density at radius 2 is 1.61 bits per heavy atom. The van der Waals surface area contributed by atoms with E-state index in [0.29, 0.717) is 11.4 Å². The lowest BCUT2D eigenvalue weighted by Crippen LogP contribution is -2.48. The maximum Gasteiger partial charge on any atom is 0.244 e. The summed E-state index contributed by atoms with van der Waals surface area (Å²) in [4.78, 5) is 12.8. The number of sulfonamides is 1. The summed E-state index contributed by atoms with van der Waals surface area (Å²) < 4.78 is 36.2. The van der Waals surface area contributed by atoms with Gasteiger partial charge >= 0.3 is 0 Å². The number of anilines is 1. The fourth-order valence-electron chi connectivity index (χ4n) is 2.87. The highest BCUT2D eigenvalue weighted by Gasteiger charge is 2.30. The summed E-state index contributed by atoms with van der Waals surface area (Å²) in [6.07, 6.45) is 1.07. The lowest BCUT2D eigenvalue weighted by molar-refractivity contribution is -0.122. The Labute approximate surface area is 166 Å². The van der Waals surface area contributed by atoms with Crippen LogP contribution in [0.25, 0.3) is 0 Å². The van der Waals surface area contributed by atoms with Crippen molar-refractivity contribution in [3.05, 3.63) is 54.1 Å². The van der Waals surface area contributed by atoms with Crippen molar-refractivity contribution < 1.29 is 22.7 Å². The van der Waals surface area contributed by atoms with Gasteiger partial charge in [-0.2, -0.15) is 0 Å². The molecule has 0 heterocycles. The smallest absolute Gasteiger partial charge is 0.244 e. The molecule has 0 aliphatic carbocycles. The van der Waals surface area contributed by atoms with Gasteiger partial charge in [-0.25, -0.2) is 8.42 Å². The zero-order valence-electron chi connectivity index (χ0n) is 16.7. The second-order valence-corrected chi connectivity index (χ2v) is 8.30. The van der Waals surface area contributed by atoms with Crippen molar-refractivity contribution in [2.45, 2.75) is 25.9 Å². The predicted octanol–water partition coefficient (Wildman–Crippen LogP) is 2.74. The molecule has 1 N–H and O–H groups in total. The molecule has 7 nitrogen and oxygen atoms in total. The van der Waals surface area contributed by atoms with E-state index >= 15 is 0 Å². The van der Waals surface area contributed by atoms with Gasteiger partial charge in [0.25, 0.3) is 0 Å². The van der Waals surface area contributed by atoms with Crippen molar-refractivity contribution in [1.82, 2.24) is 5.32 Å². The lowest BCUT2D eigenvalue weighted by Gasteiger charge is -2.29. The first-order valence-corrected chi connectivity index (χ1v) is 10.6. The fourth-order valence-corrected chi connectivity index (χ4v) is 4.03. The number of hydrogen-bond donors (Lipinski definition) is 1. The van der Waals surface area contributed by atoms with Crippen LogP contribution in [0.5, 0.6) is 11.5 Å². The Morgan fingerprint density at radius 3 is 2.14 bits per heavy atom. The molecule has 0 saturated carbocycles. The number of nitrogens with zero attached hydrogens (tertiary/aromatic N) is 1. The molecule has 0 spiro atoms. The Hall–Kier alpha value is -2.74. The summed E-state index contributed by atoms with van der Waals surface area (Å²) in [5.41, 5.74) is 1.25. The van der Waals surface area contributed by atoms with Crippen molar-refractivity contribution in [3.8, 4) is 11.5 Å². The molecule has 0 unspecified atom stereocenters. The van der Waals surface area contributed by atoms with Crippen LogP contribution in [-0.2, 0) is 14.8 Å². The van der Waals surface area contributed by atoms with Gasteiger partial charge in [0, 0.05) is 6.07 Å². The van der Waals surface area contributed by atoms with E-state index in [-0.39, 0.29) is 6.04 Å². The van der Waals surface area contributed by atoms with Crippen LogP contribution in [0.2, 0.25) is 0 Å². The normalized spacial score (nSPS) is 13.3. The van der Waals surface area contributed by atoms with Gasteiger partial charge in [0.2, 0.25) is 15.9 Å². The summed E-state index contributed by atoms with van der Waals surface area (Å²) in [5, 5.41) is 2.87. The van der Waals surface area contributed by atoms with E-state index in [1.165, 1.54) is 7.11 Å². The molecule has 0 aromatic heterocycles. The fraction of sp³-hybridized carbons (Fsp3) is 0.350. The first-order valence-electron chi connectivity index (χ1n) is 8.75. The molecule has 152 valence electrons. The van der Waals surface area contributed by atoms with Crippen molar-refractivity contribution in [2.24, 2.45) is 0 Å². The number of amides is 1. The molecular formula is C20H26N2O5S. The van der Waals surface area contributed by atoms with Crippen LogP contribution in [0, 0.1) is 0 Å². The first-order chi connectivity index (χ1) is 13.2. The quantitative estimate of drug-likeness (QED) is 0.729. The van der Waals surface area contributed by atoms with Gasteiger partial charge in [0.05, 0.1) is 32.2 Å². The number of methoxy groups -OCH3 is 2. The summed E-state index contributed by atoms with van der Waals surface area (Å²) in [7, 11) is -0.616. The third-order valence-corrected chi connectivity index (χ3v) is 5.61. The van der Waals surface area contributed by atoms with E-state index in [0.717, 1.165) is 21.9 Å². The molecule has 0 bridgehead atoms. The Kier molecular flexibility index (Phi) is 6.90. The maximum absolute atomic E-state index is 12.8. The predicted molar refractivity (Wildman–Crippen MR) is 109 cm³/mol. The van der Waals surface area contributed by atoms with Crippen LogP contribution in [0.3, 0.4) is 0 Å². The largest absolute Gasteiger partial charge is 0.497 e. The second-order valence-electron chi connectivity index (χ2n) is 6.44. The zero-order chi connectivity index (χ0) is 20.9. The molecule has 1 amide bonds. The molecule has 2 aromatic carbocycles. The molecule has 0 radical (unpaired) electrons. The molecule has 0 saturated heterocycles. The molecule has 2 rings (SSSR count). The third-order valence-electron chi connectivity index (χ3n) is 4.37. The molecule has 0 fully saturated rings. The minimum atomic E-state index is -3.70. The Morgan fingerprint density at radius 1 is 1.00 bits per heavy atom. The van der Waals surface area contributed by atoms with Crippen LogP contribution in [0.4, 0.5) is 5.69 Å². The first kappa shape index (κ1) is 21.6. The van der Waals surface area contributed by atoms with Gasteiger partial charge in [-0.3, -0.25) is 9.10 Å². The number of ether oxygens (including phenoxy) is 2. The highest BCUT2D eigenvalue weighted by Crippen LogP contribution is 2.26. The van der Waals surface area contributed by atoms with Gasteiger partial charge in [0.1, 0.15) is 17.5 Å². The molecule has 0 aliphatic heterocycles. The summed E-state index contributed by atoms with van der Waals surface area (Å²) in [5.74, 6) is 0.818. The van der Waals surface area contributed by atoms with Crippen LogP contribution in [0.15, 0.2) is 48.5 Å². The van der Waals surface area contributed by atoms with Crippen LogP contribution >= 0.6 is 0 Å². The maximum atomic E-state index is 12.8. The van der Waals surface area contributed by atoms with Crippen molar-refractivity contribution in [2.75, 3.05) is 24.8 Å². The highest BCUT2D eigenvalue weighted by atomic mass is 32.2. The van der Waals surface area contributed by atoms with Gasteiger partial charge in [-0.1, -0.05) is 18.2 Å². The van der Waals surface area contributed by atoms with Crippen molar-refractivity contribution in [3.63, 3.8) is 0 Å². The molecule has 8 heteroatoms. The van der Waals surface area contributed by atoms with E-state index in [4.69, 9.17) is 9.47 Å². The Bertz CT molecular complexity index is 912.